The third-order valence-electron chi connectivity index (χ3n) is 9.67. The zero-order chi connectivity index (χ0) is 57.5. The first-order valence-electron chi connectivity index (χ1n) is 23.2. The number of carbonyl (C=O) groups excluding carboxylic acids is 8. The number of hydrogen-bond acceptors (Lipinski definition) is 20. The zero-order valence-corrected chi connectivity index (χ0v) is 43.5. The Morgan fingerprint density at radius 2 is 1.00 bits per heavy atom. The summed E-state index contributed by atoms with van der Waals surface area (Å²) in [6.45, 7) is 7.83. The first-order chi connectivity index (χ1) is 36.5. The molecule has 0 bridgehead atoms. The number of hydrogen-bond donors (Lipinski definition) is 5. The van der Waals surface area contributed by atoms with Gasteiger partial charge in [-0.2, -0.15) is 0 Å². The van der Waals surface area contributed by atoms with Crippen LogP contribution in [0.4, 0.5) is 34.1 Å². The first kappa shape index (κ1) is 63.3. The van der Waals surface area contributed by atoms with E-state index in [4.69, 9.17) is 30.4 Å². The Balaban J connectivity index is 0.000000403. The summed E-state index contributed by atoms with van der Waals surface area (Å²) in [7, 11) is 2.35. The summed E-state index contributed by atoms with van der Waals surface area (Å²) in [6, 6.07) is 31.1. The number of methoxy groups -OCH3 is 2. The number of nitrogens with one attached hydrogen (secondary N) is 2. The third-order valence-corrected chi connectivity index (χ3v) is 9.67. The summed E-state index contributed by atoms with van der Waals surface area (Å²) in [5, 5.41) is 33.0. The van der Waals surface area contributed by atoms with E-state index in [9.17, 15) is 53.6 Å². The lowest BCUT2D eigenvalue weighted by Gasteiger charge is -2.09. The lowest BCUT2D eigenvalue weighted by molar-refractivity contribution is -0.384. The number of nitro benzene ring substituents is 1. The van der Waals surface area contributed by atoms with E-state index < -0.39 is 40.1 Å². The number of aliphatic hydroxyl groups is 1. The molecule has 0 aromatic heterocycles. The van der Waals surface area contributed by atoms with Gasteiger partial charge in [0, 0.05) is 74.9 Å². The molecular formula is C54H61N7O16. The number of azo groups is 1. The molecule has 0 aliphatic rings. The van der Waals surface area contributed by atoms with Crippen LogP contribution in [0.1, 0.15) is 78.4 Å². The molecule has 0 aliphatic heterocycles. The number of ketones is 1. The van der Waals surface area contributed by atoms with Gasteiger partial charge in [0.05, 0.1) is 56.5 Å². The van der Waals surface area contributed by atoms with Crippen molar-refractivity contribution < 1.29 is 72.1 Å². The van der Waals surface area contributed by atoms with Gasteiger partial charge in [-0.3, -0.25) is 38.9 Å². The van der Waals surface area contributed by atoms with Gasteiger partial charge >= 0.3 is 29.8 Å². The van der Waals surface area contributed by atoms with Crippen molar-refractivity contribution in [3.63, 3.8) is 0 Å². The van der Waals surface area contributed by atoms with E-state index in [-0.39, 0.29) is 52.6 Å². The maximum Gasteiger partial charge on any atom is 0.340 e. The van der Waals surface area contributed by atoms with Crippen molar-refractivity contribution in [2.24, 2.45) is 10.2 Å². The highest BCUT2D eigenvalue weighted by Crippen LogP contribution is 2.25. The number of nitrogens with two attached hydrogens (primary N) is 2. The average Bonchev–Trinajstić information content (AvgIpc) is 3.38. The Labute approximate surface area is 443 Å². The van der Waals surface area contributed by atoms with Gasteiger partial charge in [-0.05, 0) is 97.3 Å². The van der Waals surface area contributed by atoms with Crippen LogP contribution in [0.5, 0.6) is 0 Å². The standard InChI is InChI=1S/C24H24N4O8.C10H11NO4.2C10H13NO2/c1-13(29)11-20(31)25-16-6-8-17(9-7-16)26-22(32)21(14(2)30)28-27-19-12-15(23(33)35-3)5-10-18(19)24(34)36-4;1-8(12)15-7-6-9-2-4-10(5-3-9)11(13)14;2*1-8(12)13-7-6-9-2-4-10(11)5-3-9/h5-10,12,30H,11H2,1-4H3,(H,25,31)(H,26,32);2-5H,6-7H2,1H3;2*2-5H,6-7,11H2,1H3. The van der Waals surface area contributed by atoms with Crippen LogP contribution in [0.3, 0.4) is 0 Å². The number of allylic oxidation sites excluding steroid dienone is 1. The van der Waals surface area contributed by atoms with E-state index in [0.29, 0.717) is 37.6 Å². The number of aliphatic hydroxyl groups excluding tert-OH is 1. The lowest BCUT2D eigenvalue weighted by Crippen LogP contribution is -2.16. The summed E-state index contributed by atoms with van der Waals surface area (Å²) >= 11 is 0. The van der Waals surface area contributed by atoms with Gasteiger partial charge in [0.25, 0.3) is 11.6 Å². The van der Waals surface area contributed by atoms with Crippen LogP contribution >= 0.6 is 0 Å². The molecule has 0 atom stereocenters. The average molecular weight is 1060 g/mol. The number of nitrogens with zero attached hydrogens (tertiary/aromatic N) is 3. The minimum Gasteiger partial charge on any atom is -0.510 e. The highest BCUT2D eigenvalue weighted by molar-refractivity contribution is 6.05. The van der Waals surface area contributed by atoms with Gasteiger partial charge in [0.1, 0.15) is 17.2 Å². The van der Waals surface area contributed by atoms with Crippen molar-refractivity contribution in [3.05, 3.63) is 165 Å². The molecule has 408 valence electrons. The Kier molecular flexibility index (Phi) is 27.8. The Hall–Kier alpha value is -9.80. The summed E-state index contributed by atoms with van der Waals surface area (Å²) in [5.74, 6) is -4.28. The number of anilines is 4. The van der Waals surface area contributed by atoms with E-state index >= 15 is 0 Å². The fraction of sp³-hybridized carbons (Fsp3) is 0.259. The fourth-order valence-electron chi connectivity index (χ4n) is 5.88. The van der Waals surface area contributed by atoms with Crippen molar-refractivity contribution in [1.29, 1.82) is 0 Å². The minimum atomic E-state index is -0.823. The molecule has 5 aromatic rings. The van der Waals surface area contributed by atoms with E-state index in [1.54, 1.807) is 12.1 Å². The van der Waals surface area contributed by atoms with E-state index in [1.807, 2.05) is 48.5 Å². The highest BCUT2D eigenvalue weighted by atomic mass is 16.6. The molecule has 0 heterocycles. The molecule has 77 heavy (non-hydrogen) atoms. The molecule has 0 spiro atoms. The molecule has 23 heteroatoms. The number of amides is 2. The molecule has 2 amide bonds. The second-order valence-corrected chi connectivity index (χ2v) is 16.0. The molecule has 0 unspecified atom stereocenters. The number of non-ortho nitro benzene ring substituents is 1. The van der Waals surface area contributed by atoms with Crippen LogP contribution < -0.4 is 22.1 Å². The number of nitrogen functional groups attached to an aromatic ring is 2. The van der Waals surface area contributed by atoms with Crippen molar-refractivity contribution in [1.82, 2.24) is 0 Å². The third kappa shape index (κ3) is 26.1. The predicted octanol–water partition coefficient (Wildman–Crippen LogP) is 8.14. The van der Waals surface area contributed by atoms with Gasteiger partial charge in [-0.15, -0.1) is 10.2 Å². The number of ether oxygens (including phenoxy) is 5. The lowest BCUT2D eigenvalue weighted by atomic mass is 10.1. The fourth-order valence-corrected chi connectivity index (χ4v) is 5.88. The van der Waals surface area contributed by atoms with Gasteiger partial charge in [-0.25, -0.2) is 9.59 Å². The summed E-state index contributed by atoms with van der Waals surface area (Å²) in [6.07, 6.45) is 1.78. The summed E-state index contributed by atoms with van der Waals surface area (Å²) < 4.78 is 23.7. The molecule has 7 N–H and O–H groups in total. The largest absolute Gasteiger partial charge is 0.510 e. The number of esters is 5. The second kappa shape index (κ2) is 33.8. The molecule has 0 aliphatic carbocycles. The maximum atomic E-state index is 12.7. The molecule has 5 rings (SSSR count). The van der Waals surface area contributed by atoms with Crippen LogP contribution in [0.15, 0.2) is 137 Å². The molecule has 0 fully saturated rings. The van der Waals surface area contributed by atoms with Gasteiger partial charge in [0.2, 0.25) is 5.91 Å². The summed E-state index contributed by atoms with van der Waals surface area (Å²) in [5.41, 5.74) is 15.9. The summed E-state index contributed by atoms with van der Waals surface area (Å²) in [4.78, 5) is 101. The van der Waals surface area contributed by atoms with Crippen molar-refractivity contribution >= 4 is 81.6 Å². The normalized spacial score (nSPS) is 10.4. The number of rotatable bonds is 19. The molecule has 5 aromatic carbocycles. The van der Waals surface area contributed by atoms with Crippen molar-refractivity contribution in [2.75, 3.05) is 56.1 Å². The zero-order valence-electron chi connectivity index (χ0n) is 43.5. The molecular weight excluding hydrogens is 1000 g/mol. The van der Waals surface area contributed by atoms with E-state index in [1.165, 1.54) is 96.3 Å². The maximum absolute atomic E-state index is 12.7. The van der Waals surface area contributed by atoms with Crippen LogP contribution in [0, 0.1) is 10.1 Å². The Bertz CT molecular complexity index is 2800. The van der Waals surface area contributed by atoms with Gasteiger partial charge in [0.15, 0.2) is 5.70 Å². The first-order valence-corrected chi connectivity index (χ1v) is 23.2. The van der Waals surface area contributed by atoms with Gasteiger partial charge < -0.3 is 50.9 Å². The Morgan fingerprint density at radius 1 is 0.584 bits per heavy atom. The number of Topliss-reactive ketones (excluding diaryl/α,β-unsaturated/α-hetero) is 1. The van der Waals surface area contributed by atoms with Crippen molar-refractivity contribution in [3.8, 4) is 0 Å². The molecule has 0 saturated heterocycles. The Morgan fingerprint density at radius 3 is 1.38 bits per heavy atom. The van der Waals surface area contributed by atoms with Crippen LogP contribution in [0.25, 0.3) is 0 Å². The number of carbonyl (C=O) groups is 8. The number of nitro groups is 1. The second-order valence-electron chi connectivity index (χ2n) is 16.0. The van der Waals surface area contributed by atoms with Gasteiger partial charge in [-0.1, -0.05) is 36.4 Å². The molecule has 0 saturated carbocycles. The van der Waals surface area contributed by atoms with E-state index in [2.05, 4.69) is 25.6 Å². The SMILES string of the molecule is CC(=O)OCCc1ccc(N)cc1.CC(=O)OCCc1ccc(N)cc1.CC(=O)OCCc1ccc([N+](=O)[O-])cc1.COC(=O)c1ccc(C(=O)OC)c(N=NC(C(=O)Nc2ccc(NC(=O)CC(C)=O)cc2)=C(C)O)c1. The van der Waals surface area contributed by atoms with Crippen LogP contribution in [-0.2, 0) is 71.7 Å². The number of benzene rings is 5. The van der Waals surface area contributed by atoms with E-state index in [0.717, 1.165) is 48.0 Å². The van der Waals surface area contributed by atoms with Crippen LogP contribution in [0.2, 0.25) is 0 Å². The highest BCUT2D eigenvalue weighted by Gasteiger charge is 2.18. The van der Waals surface area contributed by atoms with Crippen LogP contribution in [-0.4, -0.2) is 91.5 Å². The predicted molar refractivity (Wildman–Crippen MR) is 284 cm³/mol. The minimum absolute atomic E-state index is 0.0355. The van der Waals surface area contributed by atoms with Crippen molar-refractivity contribution in [2.45, 2.75) is 60.3 Å². The quantitative estimate of drug-likeness (QED) is 0.00599. The molecule has 0 radical (unpaired) electrons. The smallest absolute Gasteiger partial charge is 0.340 e. The monoisotopic (exact) mass is 1060 g/mol. The topological polar surface area (TPSA) is 347 Å². The molecule has 23 nitrogen and oxygen atoms in total.